The van der Waals surface area contributed by atoms with Crippen molar-refractivity contribution < 1.29 is 22.0 Å². The molecule has 1 aliphatic rings. The Kier molecular flexibility index (Phi) is 4.48. The monoisotopic (exact) mass is 393 g/mol. The zero-order valence-corrected chi connectivity index (χ0v) is 13.8. The Labute approximate surface area is 138 Å². The number of hydrogen-bond acceptors (Lipinski definition) is 4. The smallest absolute Gasteiger partial charge is 0.270 e. The number of urea groups is 1. The first kappa shape index (κ1) is 17.5. The van der Waals surface area contributed by atoms with Crippen molar-refractivity contribution in [2.75, 3.05) is 0 Å². The minimum Gasteiger partial charge on any atom is -0.270 e. The highest BCUT2D eigenvalue weighted by atomic mass is 35.7. The van der Waals surface area contributed by atoms with Gasteiger partial charge in [0.15, 0.2) is 0 Å². The fraction of sp³-hybridized carbons (Fsp3) is 0.300. The van der Waals surface area contributed by atoms with Crippen LogP contribution in [0.5, 0.6) is 0 Å². The van der Waals surface area contributed by atoms with Crippen LogP contribution < -0.4 is 10.9 Å². The molecule has 2 N–H and O–H groups in total. The minimum absolute atomic E-state index is 0.114. The van der Waals surface area contributed by atoms with Crippen LogP contribution in [0.1, 0.15) is 12.5 Å². The van der Waals surface area contributed by atoms with Gasteiger partial charge in [0.25, 0.3) is 9.05 Å². The van der Waals surface area contributed by atoms with Gasteiger partial charge in [-0.05, 0) is 19.1 Å². The number of nitrogens with zero attached hydrogens (tertiary/aromatic N) is 1. The fourth-order valence-corrected chi connectivity index (χ4v) is 3.99. The van der Waals surface area contributed by atoms with E-state index in [1.54, 1.807) is 0 Å². The SMILES string of the molecule is CC1(c2cc(S(=O)(=O)Cl)c(Cl)cc2Cl)NNC(=O)N1C(F)F. The van der Waals surface area contributed by atoms with Gasteiger partial charge in [-0.15, -0.1) is 0 Å². The van der Waals surface area contributed by atoms with Crippen LogP contribution in [0.3, 0.4) is 0 Å². The third kappa shape index (κ3) is 2.83. The first-order valence-corrected chi connectivity index (χ1v) is 8.64. The number of nitrogens with one attached hydrogen (secondary N) is 2. The molecule has 12 heteroatoms. The number of hydrazine groups is 1. The van der Waals surface area contributed by atoms with Crippen molar-refractivity contribution in [1.82, 2.24) is 15.8 Å². The van der Waals surface area contributed by atoms with Crippen molar-refractivity contribution >= 4 is 49.0 Å². The number of alkyl halides is 2. The molecule has 0 bridgehead atoms. The van der Waals surface area contributed by atoms with E-state index in [9.17, 15) is 22.0 Å². The summed E-state index contributed by atoms with van der Waals surface area (Å²) in [5.74, 6) is 0. The van der Waals surface area contributed by atoms with Crippen LogP contribution in [-0.2, 0) is 14.7 Å². The van der Waals surface area contributed by atoms with Crippen LogP contribution in [0.25, 0.3) is 0 Å². The van der Waals surface area contributed by atoms with Crippen molar-refractivity contribution in [2.24, 2.45) is 0 Å². The van der Waals surface area contributed by atoms with Gasteiger partial charge < -0.3 is 0 Å². The first-order chi connectivity index (χ1) is 9.98. The molecule has 1 saturated heterocycles. The molecule has 6 nitrogen and oxygen atoms in total. The molecule has 1 heterocycles. The van der Waals surface area contributed by atoms with E-state index in [1.807, 2.05) is 5.43 Å². The van der Waals surface area contributed by atoms with Gasteiger partial charge in [-0.25, -0.2) is 23.5 Å². The summed E-state index contributed by atoms with van der Waals surface area (Å²) in [5.41, 5.74) is 2.46. The lowest BCUT2D eigenvalue weighted by Crippen LogP contribution is -2.49. The molecule has 0 aromatic heterocycles. The number of carbonyl (C=O) groups excluding carboxylic acids is 1. The number of benzene rings is 1. The van der Waals surface area contributed by atoms with Gasteiger partial charge in [-0.2, -0.15) is 8.78 Å². The Balaban J connectivity index is 2.69. The quantitative estimate of drug-likeness (QED) is 0.610. The summed E-state index contributed by atoms with van der Waals surface area (Å²) in [6.45, 7) is -1.95. The van der Waals surface area contributed by atoms with E-state index in [4.69, 9.17) is 33.9 Å². The number of amides is 2. The standard InChI is InChI=1S/C10H8Cl3F2N3O3S/c1-10(17-16-9(19)18(10)8(14)15)4-2-7(22(13,20)21)6(12)3-5(4)11/h2-3,8,17H,1H3,(H,16,19). The molecule has 22 heavy (non-hydrogen) atoms. The second-order valence-electron chi connectivity index (χ2n) is 4.48. The van der Waals surface area contributed by atoms with Gasteiger partial charge in [0.05, 0.1) is 5.02 Å². The summed E-state index contributed by atoms with van der Waals surface area (Å²) in [6, 6.07) is 0.890. The molecule has 0 radical (unpaired) electrons. The van der Waals surface area contributed by atoms with E-state index in [2.05, 4.69) is 5.43 Å². The maximum absolute atomic E-state index is 13.1. The Bertz CT molecular complexity index is 746. The molecular weight excluding hydrogens is 387 g/mol. The highest BCUT2D eigenvalue weighted by Gasteiger charge is 2.48. The molecule has 2 amide bonds. The normalized spacial score (nSPS) is 22.3. The molecule has 1 aliphatic heterocycles. The van der Waals surface area contributed by atoms with Crippen molar-refractivity contribution in [2.45, 2.75) is 24.0 Å². The maximum atomic E-state index is 13.1. The van der Waals surface area contributed by atoms with Crippen molar-refractivity contribution in [3.8, 4) is 0 Å². The molecule has 0 spiro atoms. The number of halogens is 5. The van der Waals surface area contributed by atoms with Crippen LogP contribution >= 0.6 is 33.9 Å². The van der Waals surface area contributed by atoms with Gasteiger partial charge in [0.2, 0.25) is 0 Å². The molecule has 1 fully saturated rings. The Morgan fingerprint density at radius 2 is 1.86 bits per heavy atom. The molecule has 0 aliphatic carbocycles. The molecule has 1 unspecified atom stereocenters. The second-order valence-corrected chi connectivity index (χ2v) is 7.82. The van der Waals surface area contributed by atoms with Crippen LogP contribution in [0.15, 0.2) is 17.0 Å². The molecule has 1 atom stereocenters. The second kappa shape index (κ2) is 5.64. The Morgan fingerprint density at radius 3 is 2.36 bits per heavy atom. The number of carbonyl (C=O) groups is 1. The van der Waals surface area contributed by atoms with Gasteiger partial charge in [-0.3, -0.25) is 5.43 Å². The molecule has 1 aromatic carbocycles. The lowest BCUT2D eigenvalue weighted by molar-refractivity contribution is -0.0480. The lowest BCUT2D eigenvalue weighted by Gasteiger charge is -2.33. The minimum atomic E-state index is -4.24. The molecular formula is C10H8Cl3F2N3O3S. The third-order valence-electron chi connectivity index (χ3n) is 3.12. The van der Waals surface area contributed by atoms with Gasteiger partial charge in [0, 0.05) is 21.3 Å². The predicted octanol–water partition coefficient (Wildman–Crippen LogP) is 2.85. The largest absolute Gasteiger partial charge is 0.337 e. The van der Waals surface area contributed by atoms with Gasteiger partial charge in [-0.1, -0.05) is 23.2 Å². The van der Waals surface area contributed by atoms with Crippen LogP contribution in [-0.4, -0.2) is 25.9 Å². The van der Waals surface area contributed by atoms with Crippen LogP contribution in [0, 0.1) is 0 Å². The third-order valence-corrected chi connectivity index (χ3v) is 5.22. The zero-order valence-electron chi connectivity index (χ0n) is 10.7. The van der Waals surface area contributed by atoms with E-state index < -0.39 is 32.2 Å². The van der Waals surface area contributed by atoms with Gasteiger partial charge >= 0.3 is 12.6 Å². The summed E-state index contributed by atoms with van der Waals surface area (Å²) in [5, 5.41) is -0.389. The molecule has 1 aromatic rings. The topological polar surface area (TPSA) is 78.5 Å². The lowest BCUT2D eigenvalue weighted by atomic mass is 10.0. The summed E-state index contributed by atoms with van der Waals surface area (Å²) >= 11 is 11.7. The van der Waals surface area contributed by atoms with Gasteiger partial charge in [0.1, 0.15) is 10.6 Å². The first-order valence-electron chi connectivity index (χ1n) is 5.57. The van der Waals surface area contributed by atoms with Crippen molar-refractivity contribution in [3.63, 3.8) is 0 Å². The molecule has 122 valence electrons. The van der Waals surface area contributed by atoms with E-state index in [0.717, 1.165) is 12.1 Å². The van der Waals surface area contributed by atoms with Crippen LogP contribution in [0.4, 0.5) is 13.6 Å². The average molecular weight is 395 g/mol. The molecule has 2 rings (SSSR count). The summed E-state index contributed by atoms with van der Waals surface area (Å²) in [7, 11) is 1.01. The summed E-state index contributed by atoms with van der Waals surface area (Å²) < 4.78 is 49.2. The van der Waals surface area contributed by atoms with E-state index in [-0.39, 0.29) is 20.5 Å². The summed E-state index contributed by atoms with van der Waals surface area (Å²) in [4.78, 5) is 11.2. The van der Waals surface area contributed by atoms with Crippen molar-refractivity contribution in [1.29, 1.82) is 0 Å². The number of hydrogen-bond donors (Lipinski definition) is 2. The predicted molar refractivity (Wildman–Crippen MR) is 76.4 cm³/mol. The van der Waals surface area contributed by atoms with E-state index in [0.29, 0.717) is 0 Å². The Morgan fingerprint density at radius 1 is 1.27 bits per heavy atom. The van der Waals surface area contributed by atoms with E-state index >= 15 is 0 Å². The maximum Gasteiger partial charge on any atom is 0.337 e. The average Bonchev–Trinajstić information content (AvgIpc) is 2.64. The highest BCUT2D eigenvalue weighted by molar-refractivity contribution is 8.13. The highest BCUT2D eigenvalue weighted by Crippen LogP contribution is 2.39. The fourth-order valence-electron chi connectivity index (χ4n) is 2.07. The van der Waals surface area contributed by atoms with Crippen molar-refractivity contribution in [3.05, 3.63) is 27.7 Å². The zero-order chi connectivity index (χ0) is 16.9. The Hall–Kier alpha value is -0.870. The van der Waals surface area contributed by atoms with E-state index in [1.165, 1.54) is 6.92 Å². The summed E-state index contributed by atoms with van der Waals surface area (Å²) in [6.07, 6.45) is 0. The molecule has 0 saturated carbocycles. The number of rotatable bonds is 3. The van der Waals surface area contributed by atoms with Crippen LogP contribution in [0.2, 0.25) is 10.0 Å².